The smallest absolute Gasteiger partial charge is 0.267 e. The van der Waals surface area contributed by atoms with E-state index in [1.807, 2.05) is 0 Å². The summed E-state index contributed by atoms with van der Waals surface area (Å²) in [6.45, 7) is -0.118. The molecule has 0 spiro atoms. The van der Waals surface area contributed by atoms with E-state index in [9.17, 15) is 17.6 Å². The summed E-state index contributed by atoms with van der Waals surface area (Å²) in [5.41, 5.74) is -0.564. The van der Waals surface area contributed by atoms with E-state index in [0.29, 0.717) is 12.5 Å². The fraction of sp³-hybridized carbons (Fsp3) is 0.647. The van der Waals surface area contributed by atoms with Crippen molar-refractivity contribution < 1.29 is 32.5 Å². The van der Waals surface area contributed by atoms with Gasteiger partial charge < -0.3 is 14.9 Å². The van der Waals surface area contributed by atoms with E-state index < -0.39 is 41.4 Å². The molecule has 1 aromatic rings. The Kier molecular flexibility index (Phi) is 9.25. The number of halogens is 4. The Morgan fingerprint density at radius 1 is 0.875 bits per heavy atom. The van der Waals surface area contributed by atoms with Gasteiger partial charge in [0.25, 0.3) is 6.48 Å². The predicted molar refractivity (Wildman–Crippen MR) is 80.9 cm³/mol. The van der Waals surface area contributed by atoms with Gasteiger partial charge in [0.15, 0.2) is 23.3 Å². The first kappa shape index (κ1) is 20.9. The zero-order chi connectivity index (χ0) is 18.1. The van der Waals surface area contributed by atoms with Gasteiger partial charge in [0, 0.05) is 5.56 Å². The van der Waals surface area contributed by atoms with Crippen LogP contribution in [0.25, 0.3) is 0 Å². The molecule has 0 aliphatic carbocycles. The molecule has 0 saturated heterocycles. The van der Waals surface area contributed by atoms with E-state index in [2.05, 4.69) is 6.92 Å². The average molecular weight is 352 g/mol. The van der Waals surface area contributed by atoms with Crippen LogP contribution in [-0.4, -0.2) is 16.7 Å². The lowest BCUT2D eigenvalue weighted by Gasteiger charge is -2.20. The van der Waals surface area contributed by atoms with Crippen LogP contribution in [-0.2, 0) is 4.74 Å². The van der Waals surface area contributed by atoms with Crippen molar-refractivity contribution in [1.82, 2.24) is 0 Å². The van der Waals surface area contributed by atoms with Gasteiger partial charge in [0.2, 0.25) is 0 Å². The Bertz CT molecular complexity index is 509. The summed E-state index contributed by atoms with van der Waals surface area (Å²) in [5.74, 6) is -6.98. The molecule has 7 heteroatoms. The Labute approximate surface area is 139 Å². The molecule has 1 atom stereocenters. The highest BCUT2D eigenvalue weighted by molar-refractivity contribution is 5.24. The monoisotopic (exact) mass is 352 g/mol. The number of ether oxygens (including phenoxy) is 1. The number of hydrogen-bond donors (Lipinski definition) is 2. The van der Waals surface area contributed by atoms with Crippen LogP contribution < -0.4 is 0 Å². The van der Waals surface area contributed by atoms with E-state index in [1.54, 1.807) is 0 Å². The standard InChI is InChI=1S/C17H24F4O3/c1-2-3-4-5-6-7-8-9-13(24-17(22)23)11-10-12(18)15(20)16(21)14(11)19/h10,13,17,22-23H,2-9H2,1H3. The number of rotatable bonds is 11. The molecule has 0 amide bonds. The molecule has 0 radical (unpaired) electrons. The second-order valence-electron chi connectivity index (χ2n) is 5.75. The van der Waals surface area contributed by atoms with Crippen LogP contribution in [0, 0.1) is 23.3 Å². The minimum atomic E-state index is -2.23. The molecule has 0 fully saturated rings. The van der Waals surface area contributed by atoms with Crippen molar-refractivity contribution in [2.45, 2.75) is 70.9 Å². The van der Waals surface area contributed by atoms with E-state index in [-0.39, 0.29) is 6.42 Å². The highest BCUT2D eigenvalue weighted by Gasteiger charge is 2.26. The molecule has 2 N–H and O–H groups in total. The third kappa shape index (κ3) is 6.37. The van der Waals surface area contributed by atoms with Crippen molar-refractivity contribution in [2.24, 2.45) is 0 Å². The molecule has 1 unspecified atom stereocenters. The quantitative estimate of drug-likeness (QED) is 0.199. The number of unbranched alkanes of at least 4 members (excludes halogenated alkanes) is 6. The van der Waals surface area contributed by atoms with Gasteiger partial charge in [-0.2, -0.15) is 0 Å². The van der Waals surface area contributed by atoms with Gasteiger partial charge in [-0.3, -0.25) is 0 Å². The molecule has 0 aliphatic heterocycles. The van der Waals surface area contributed by atoms with Crippen molar-refractivity contribution in [3.8, 4) is 0 Å². The zero-order valence-corrected chi connectivity index (χ0v) is 13.7. The average Bonchev–Trinajstić information content (AvgIpc) is 2.54. The van der Waals surface area contributed by atoms with Gasteiger partial charge in [-0.1, -0.05) is 51.9 Å². The largest absolute Gasteiger partial charge is 0.346 e. The fourth-order valence-corrected chi connectivity index (χ4v) is 2.56. The first-order chi connectivity index (χ1) is 11.4. The highest BCUT2D eigenvalue weighted by Crippen LogP contribution is 2.30. The summed E-state index contributed by atoms with van der Waals surface area (Å²) >= 11 is 0. The van der Waals surface area contributed by atoms with E-state index in [4.69, 9.17) is 14.9 Å². The molecule has 1 aromatic carbocycles. The zero-order valence-electron chi connectivity index (χ0n) is 13.7. The summed E-state index contributed by atoms with van der Waals surface area (Å²) in [7, 11) is 0. The lowest BCUT2D eigenvalue weighted by Crippen LogP contribution is -2.18. The van der Waals surface area contributed by atoms with Gasteiger partial charge in [0.05, 0.1) is 6.10 Å². The molecule has 24 heavy (non-hydrogen) atoms. The van der Waals surface area contributed by atoms with Crippen LogP contribution in [0.1, 0.15) is 70.0 Å². The summed E-state index contributed by atoms with van der Waals surface area (Å²) in [6.07, 6.45) is 5.60. The molecule has 0 aromatic heterocycles. The van der Waals surface area contributed by atoms with Gasteiger partial charge in [-0.05, 0) is 12.5 Å². The van der Waals surface area contributed by atoms with Gasteiger partial charge in [0.1, 0.15) is 0 Å². The Balaban J connectivity index is 2.69. The van der Waals surface area contributed by atoms with E-state index in [0.717, 1.165) is 38.5 Å². The maximum atomic E-state index is 13.8. The van der Waals surface area contributed by atoms with Crippen molar-refractivity contribution in [3.05, 3.63) is 34.9 Å². The molecule has 0 bridgehead atoms. The van der Waals surface area contributed by atoms with Crippen LogP contribution in [0.5, 0.6) is 0 Å². The molecule has 3 nitrogen and oxygen atoms in total. The van der Waals surface area contributed by atoms with Gasteiger partial charge >= 0.3 is 0 Å². The second kappa shape index (κ2) is 10.6. The second-order valence-corrected chi connectivity index (χ2v) is 5.75. The van der Waals surface area contributed by atoms with Crippen LogP contribution in [0.2, 0.25) is 0 Å². The topological polar surface area (TPSA) is 49.7 Å². The third-order valence-electron chi connectivity index (χ3n) is 3.83. The fourth-order valence-electron chi connectivity index (χ4n) is 2.56. The SMILES string of the molecule is CCCCCCCCCC(OC(O)O)c1cc(F)c(F)c(F)c1F. The summed E-state index contributed by atoms with van der Waals surface area (Å²) < 4.78 is 58.2. The number of benzene rings is 1. The normalized spacial score (nSPS) is 12.8. The van der Waals surface area contributed by atoms with Crippen molar-refractivity contribution >= 4 is 0 Å². The lowest BCUT2D eigenvalue weighted by molar-refractivity contribution is -0.259. The van der Waals surface area contributed by atoms with Crippen LogP contribution >= 0.6 is 0 Å². The number of hydrogen-bond acceptors (Lipinski definition) is 3. The third-order valence-corrected chi connectivity index (χ3v) is 3.83. The van der Waals surface area contributed by atoms with Crippen molar-refractivity contribution in [1.29, 1.82) is 0 Å². The highest BCUT2D eigenvalue weighted by atomic mass is 19.2. The molecular formula is C17H24F4O3. The Hall–Kier alpha value is -1.18. The van der Waals surface area contributed by atoms with E-state index in [1.165, 1.54) is 0 Å². The Morgan fingerprint density at radius 3 is 2.04 bits per heavy atom. The Morgan fingerprint density at radius 2 is 1.46 bits per heavy atom. The van der Waals surface area contributed by atoms with Crippen molar-refractivity contribution in [2.75, 3.05) is 0 Å². The molecule has 0 aliphatic rings. The molecule has 138 valence electrons. The number of aliphatic hydroxyl groups excluding tert-OH is 1. The predicted octanol–water partition coefficient (Wildman–Crippen LogP) is 4.71. The molecule has 0 saturated carbocycles. The summed E-state index contributed by atoms with van der Waals surface area (Å²) in [5, 5.41) is 17.8. The minimum Gasteiger partial charge on any atom is -0.346 e. The first-order valence-electron chi connectivity index (χ1n) is 8.23. The van der Waals surface area contributed by atoms with Crippen molar-refractivity contribution in [3.63, 3.8) is 0 Å². The summed E-state index contributed by atoms with van der Waals surface area (Å²) in [6, 6.07) is 0.488. The van der Waals surface area contributed by atoms with Gasteiger partial charge in [-0.15, -0.1) is 0 Å². The molecular weight excluding hydrogens is 328 g/mol. The maximum Gasteiger partial charge on any atom is 0.267 e. The van der Waals surface area contributed by atoms with Crippen LogP contribution in [0.4, 0.5) is 17.6 Å². The maximum absolute atomic E-state index is 13.8. The van der Waals surface area contributed by atoms with E-state index >= 15 is 0 Å². The molecule has 0 heterocycles. The lowest BCUT2D eigenvalue weighted by atomic mass is 10.0. The van der Waals surface area contributed by atoms with Crippen LogP contribution in [0.3, 0.4) is 0 Å². The minimum absolute atomic E-state index is 0.132. The first-order valence-corrected chi connectivity index (χ1v) is 8.23. The molecule has 1 rings (SSSR count). The van der Waals surface area contributed by atoms with Crippen LogP contribution in [0.15, 0.2) is 6.07 Å². The van der Waals surface area contributed by atoms with Gasteiger partial charge in [-0.25, -0.2) is 17.6 Å². The number of aliphatic hydroxyl groups is 2. The summed E-state index contributed by atoms with van der Waals surface area (Å²) in [4.78, 5) is 0.